The van der Waals surface area contributed by atoms with Crippen LogP contribution in [0.2, 0.25) is 0 Å². The summed E-state index contributed by atoms with van der Waals surface area (Å²) < 4.78 is 9.38. The van der Waals surface area contributed by atoms with Gasteiger partial charge in [0.1, 0.15) is 12.5 Å². The van der Waals surface area contributed by atoms with Crippen LogP contribution < -0.4 is 11.1 Å². The highest BCUT2D eigenvalue weighted by molar-refractivity contribution is 5.73. The molecule has 2 amide bonds. The van der Waals surface area contributed by atoms with E-state index in [9.17, 15) is 4.79 Å². The number of ether oxygens (including phenoxy) is 2. The molecule has 1 aliphatic rings. The first-order valence-corrected chi connectivity index (χ1v) is 2.53. The Labute approximate surface area is 57.1 Å². The Hall–Kier alpha value is -1.65. The molecule has 0 fully saturated rings. The highest BCUT2D eigenvalue weighted by Gasteiger charge is 2.01. The first-order chi connectivity index (χ1) is 4.79. The SMILES string of the molecule is NC(=O)NC1=COC=CO1. The third-order valence-electron chi connectivity index (χ3n) is 0.751. The van der Waals surface area contributed by atoms with E-state index in [1.165, 1.54) is 18.8 Å². The molecule has 1 rings (SSSR count). The second-order valence-corrected chi connectivity index (χ2v) is 1.50. The lowest BCUT2D eigenvalue weighted by atomic mass is 10.7. The Bertz CT molecular complexity index is 197. The van der Waals surface area contributed by atoms with Gasteiger partial charge in [-0.1, -0.05) is 0 Å². The van der Waals surface area contributed by atoms with Gasteiger partial charge in [-0.3, -0.25) is 5.32 Å². The smallest absolute Gasteiger partial charge is 0.319 e. The number of rotatable bonds is 1. The zero-order valence-corrected chi connectivity index (χ0v) is 5.03. The standard InChI is InChI=1S/C5H6N2O3/c6-5(8)7-4-3-9-1-2-10-4/h1-3H,(H3,6,7,8). The molecule has 1 heterocycles. The maximum atomic E-state index is 10.2. The monoisotopic (exact) mass is 142 g/mol. The quantitative estimate of drug-likeness (QED) is 0.540. The molecule has 0 aromatic carbocycles. The molecule has 0 spiro atoms. The lowest BCUT2D eigenvalue weighted by Crippen LogP contribution is -2.29. The van der Waals surface area contributed by atoms with Crippen LogP contribution >= 0.6 is 0 Å². The zero-order chi connectivity index (χ0) is 7.40. The highest BCUT2D eigenvalue weighted by atomic mass is 16.5. The van der Waals surface area contributed by atoms with Gasteiger partial charge in [-0.05, 0) is 0 Å². The van der Waals surface area contributed by atoms with Crippen LogP contribution in [0.4, 0.5) is 4.79 Å². The first kappa shape index (κ1) is 6.47. The second kappa shape index (κ2) is 2.77. The summed E-state index contributed by atoms with van der Waals surface area (Å²) in [5.41, 5.74) is 4.77. The minimum atomic E-state index is -0.690. The minimum absolute atomic E-state index is 0.176. The second-order valence-electron chi connectivity index (χ2n) is 1.50. The van der Waals surface area contributed by atoms with E-state index in [2.05, 4.69) is 10.1 Å². The number of primary amides is 1. The van der Waals surface area contributed by atoms with Crippen LogP contribution in [0.5, 0.6) is 0 Å². The molecule has 3 N–H and O–H groups in total. The molecule has 0 atom stereocenters. The van der Waals surface area contributed by atoms with Gasteiger partial charge in [-0.2, -0.15) is 0 Å². The molecule has 1 aliphatic heterocycles. The molecule has 10 heavy (non-hydrogen) atoms. The van der Waals surface area contributed by atoms with Crippen molar-refractivity contribution in [2.45, 2.75) is 0 Å². The van der Waals surface area contributed by atoms with Crippen LogP contribution in [0, 0.1) is 0 Å². The third-order valence-corrected chi connectivity index (χ3v) is 0.751. The van der Waals surface area contributed by atoms with Gasteiger partial charge < -0.3 is 15.2 Å². The summed E-state index contributed by atoms with van der Waals surface area (Å²) in [6.07, 6.45) is 3.84. The maximum Gasteiger partial charge on any atom is 0.319 e. The van der Waals surface area contributed by atoms with Gasteiger partial charge in [0.2, 0.25) is 5.88 Å². The highest BCUT2D eigenvalue weighted by Crippen LogP contribution is 2.00. The third kappa shape index (κ3) is 1.70. The number of hydrogen-bond donors (Lipinski definition) is 2. The molecule has 5 nitrogen and oxygen atoms in total. The fourth-order valence-electron chi connectivity index (χ4n) is 0.442. The predicted octanol–water partition coefficient (Wildman–Crippen LogP) is -0.0284. The van der Waals surface area contributed by atoms with Crippen LogP contribution in [0.1, 0.15) is 0 Å². The molecule has 0 bridgehead atoms. The Morgan fingerprint density at radius 2 is 2.40 bits per heavy atom. The number of carbonyl (C=O) groups excluding carboxylic acids is 1. The molecule has 5 heteroatoms. The molecule has 0 radical (unpaired) electrons. The van der Waals surface area contributed by atoms with Crippen molar-refractivity contribution >= 4 is 6.03 Å². The average Bonchev–Trinajstić information content (AvgIpc) is 1.88. The van der Waals surface area contributed by atoms with Crippen molar-refractivity contribution in [1.29, 1.82) is 0 Å². The van der Waals surface area contributed by atoms with Crippen molar-refractivity contribution in [3.8, 4) is 0 Å². The summed E-state index contributed by atoms with van der Waals surface area (Å²) in [5.74, 6) is 0.176. The number of nitrogens with one attached hydrogen (secondary N) is 1. The largest absolute Gasteiger partial charge is 0.464 e. The molecule has 0 aliphatic carbocycles. The first-order valence-electron chi connectivity index (χ1n) is 2.53. The van der Waals surface area contributed by atoms with Gasteiger partial charge in [0.05, 0.1) is 0 Å². The lowest BCUT2D eigenvalue weighted by Gasteiger charge is -2.08. The summed E-state index contributed by atoms with van der Waals surface area (Å²) in [6, 6.07) is -0.690. The van der Waals surface area contributed by atoms with Gasteiger partial charge in [-0.15, -0.1) is 0 Å². The molecule has 0 saturated carbocycles. The van der Waals surface area contributed by atoms with Gasteiger partial charge >= 0.3 is 6.03 Å². The zero-order valence-electron chi connectivity index (χ0n) is 5.03. The van der Waals surface area contributed by atoms with Crippen LogP contribution in [0.3, 0.4) is 0 Å². The van der Waals surface area contributed by atoms with Crippen LogP contribution in [0.25, 0.3) is 0 Å². The van der Waals surface area contributed by atoms with E-state index in [0.29, 0.717) is 0 Å². The van der Waals surface area contributed by atoms with Crippen molar-refractivity contribution in [2.24, 2.45) is 5.73 Å². The van der Waals surface area contributed by atoms with Crippen LogP contribution in [-0.2, 0) is 9.47 Å². The number of urea groups is 1. The minimum Gasteiger partial charge on any atom is -0.464 e. The predicted molar refractivity (Wildman–Crippen MR) is 32.1 cm³/mol. The Morgan fingerprint density at radius 3 is 2.90 bits per heavy atom. The molecule has 0 aromatic rings. The van der Waals surface area contributed by atoms with Crippen LogP contribution in [-0.4, -0.2) is 6.03 Å². The van der Waals surface area contributed by atoms with E-state index in [0.717, 1.165) is 0 Å². The van der Waals surface area contributed by atoms with Crippen molar-refractivity contribution in [3.05, 3.63) is 24.7 Å². The number of amides is 2. The summed E-state index contributed by atoms with van der Waals surface area (Å²) in [5, 5.41) is 2.18. The number of hydrogen-bond acceptors (Lipinski definition) is 3. The average molecular weight is 142 g/mol. The van der Waals surface area contributed by atoms with Crippen molar-refractivity contribution in [1.82, 2.24) is 5.32 Å². The van der Waals surface area contributed by atoms with E-state index in [1.54, 1.807) is 0 Å². The van der Waals surface area contributed by atoms with Crippen molar-refractivity contribution in [2.75, 3.05) is 0 Å². The fraction of sp³-hybridized carbons (Fsp3) is 0. The van der Waals surface area contributed by atoms with Crippen molar-refractivity contribution in [3.63, 3.8) is 0 Å². The summed E-state index contributed by atoms with van der Waals surface area (Å²) >= 11 is 0. The number of carbonyl (C=O) groups is 1. The fourth-order valence-corrected chi connectivity index (χ4v) is 0.442. The van der Waals surface area contributed by atoms with Crippen LogP contribution in [0.15, 0.2) is 24.7 Å². The van der Waals surface area contributed by atoms with Gasteiger partial charge in [0.15, 0.2) is 6.26 Å². The normalized spacial score (nSPS) is 14.6. The van der Waals surface area contributed by atoms with Gasteiger partial charge in [0.25, 0.3) is 0 Å². The topological polar surface area (TPSA) is 73.6 Å². The summed E-state index contributed by atoms with van der Waals surface area (Å²) in [4.78, 5) is 10.2. The Kier molecular flexibility index (Phi) is 1.79. The van der Waals surface area contributed by atoms with E-state index >= 15 is 0 Å². The lowest BCUT2D eigenvalue weighted by molar-refractivity contribution is 0.220. The summed E-state index contributed by atoms with van der Waals surface area (Å²) in [6.45, 7) is 0. The molecule has 0 aromatic heterocycles. The Balaban J connectivity index is 2.41. The molecule has 0 unspecified atom stereocenters. The van der Waals surface area contributed by atoms with Crippen molar-refractivity contribution < 1.29 is 14.3 Å². The van der Waals surface area contributed by atoms with Gasteiger partial charge in [-0.25, -0.2) is 4.79 Å². The Morgan fingerprint density at radius 1 is 1.60 bits per heavy atom. The van der Waals surface area contributed by atoms with E-state index in [1.807, 2.05) is 0 Å². The van der Waals surface area contributed by atoms with Gasteiger partial charge in [0, 0.05) is 0 Å². The van der Waals surface area contributed by atoms with E-state index in [-0.39, 0.29) is 5.88 Å². The maximum absolute atomic E-state index is 10.2. The molecular formula is C5H6N2O3. The van der Waals surface area contributed by atoms with E-state index < -0.39 is 6.03 Å². The molecule has 54 valence electrons. The molecule has 0 saturated heterocycles. The summed E-state index contributed by atoms with van der Waals surface area (Å²) in [7, 11) is 0. The molecular weight excluding hydrogens is 136 g/mol. The number of nitrogens with two attached hydrogens (primary N) is 1. The van der Waals surface area contributed by atoms with E-state index in [4.69, 9.17) is 10.5 Å².